The summed E-state index contributed by atoms with van der Waals surface area (Å²) in [5, 5.41) is 3.55. The third-order valence-electron chi connectivity index (χ3n) is 6.80. The minimum absolute atomic E-state index is 0.0539. The van der Waals surface area contributed by atoms with E-state index in [4.69, 9.17) is 37.4 Å². The summed E-state index contributed by atoms with van der Waals surface area (Å²) in [4.78, 5) is 23.3. The first-order valence-corrected chi connectivity index (χ1v) is 13.2. The van der Waals surface area contributed by atoms with Crippen LogP contribution in [0.2, 0.25) is 10.0 Å². The van der Waals surface area contributed by atoms with E-state index in [1.54, 1.807) is 19.2 Å². The van der Waals surface area contributed by atoms with Crippen LogP contribution in [0.15, 0.2) is 30.6 Å². The first-order valence-electron chi connectivity index (χ1n) is 12.5. The van der Waals surface area contributed by atoms with E-state index < -0.39 is 11.4 Å². The number of carbonyl (C=O) groups excluding carboxylic acids is 1. The molecule has 0 radical (unpaired) electrons. The summed E-state index contributed by atoms with van der Waals surface area (Å²) in [6, 6.07) is 6.65. The van der Waals surface area contributed by atoms with Crippen LogP contribution in [-0.2, 0) is 4.74 Å². The van der Waals surface area contributed by atoms with Crippen molar-refractivity contribution in [3.8, 4) is 11.5 Å². The fourth-order valence-electron chi connectivity index (χ4n) is 5.18. The summed E-state index contributed by atoms with van der Waals surface area (Å²) >= 11 is 11.9. The Balaban J connectivity index is 1.40. The molecule has 2 saturated heterocycles. The zero-order valence-corrected chi connectivity index (χ0v) is 23.1. The molecular weight excluding hydrogens is 534 g/mol. The second-order valence-corrected chi connectivity index (χ2v) is 11.4. The van der Waals surface area contributed by atoms with Crippen molar-refractivity contribution in [1.29, 1.82) is 0 Å². The molecule has 1 aromatic heterocycles. The molecule has 0 aliphatic carbocycles. The van der Waals surface area contributed by atoms with Crippen LogP contribution in [0.25, 0.3) is 10.9 Å². The second kappa shape index (κ2) is 10.3. The SMILES string of the molecule is COc1cc2ncnc(Nc3ccc(Cl)c(Cl)c3F)c2cc1OC1CC2CCC(C1)N2C(=O)OC(C)(C)C. The van der Waals surface area contributed by atoms with E-state index in [0.717, 1.165) is 12.8 Å². The topological polar surface area (TPSA) is 85.8 Å². The number of ether oxygens (including phenoxy) is 3. The lowest BCUT2D eigenvalue weighted by Gasteiger charge is -2.39. The van der Waals surface area contributed by atoms with Gasteiger partial charge < -0.3 is 24.4 Å². The quantitative estimate of drug-likeness (QED) is 0.331. The molecule has 5 rings (SSSR count). The molecule has 0 spiro atoms. The molecule has 8 nitrogen and oxygen atoms in total. The summed E-state index contributed by atoms with van der Waals surface area (Å²) in [5.74, 6) is 0.732. The maximum Gasteiger partial charge on any atom is 0.410 e. The Morgan fingerprint density at radius 1 is 1.11 bits per heavy atom. The van der Waals surface area contributed by atoms with Crippen LogP contribution in [0.1, 0.15) is 46.5 Å². The third-order valence-corrected chi connectivity index (χ3v) is 7.58. The van der Waals surface area contributed by atoms with Gasteiger partial charge in [-0.1, -0.05) is 23.2 Å². The Kier molecular flexibility index (Phi) is 7.17. The molecule has 202 valence electrons. The summed E-state index contributed by atoms with van der Waals surface area (Å²) in [6.07, 6.45) is 4.18. The molecule has 1 N–H and O–H groups in total. The van der Waals surface area contributed by atoms with Crippen LogP contribution in [0.5, 0.6) is 11.5 Å². The predicted octanol–water partition coefficient (Wildman–Crippen LogP) is 7.14. The standard InChI is InChI=1S/C27H29Cl2FN4O4/c1-27(2,3)38-26(35)34-14-5-6-15(34)10-16(9-14)37-22-11-17-20(12-21(22)36-4)31-13-32-25(17)33-19-8-7-18(28)23(29)24(19)30/h7-8,11-16H,5-6,9-10H2,1-4H3,(H,31,32,33). The number of nitrogens with zero attached hydrogens (tertiary/aromatic N) is 3. The molecule has 2 unspecified atom stereocenters. The molecule has 2 aromatic carbocycles. The summed E-state index contributed by atoms with van der Waals surface area (Å²) in [7, 11) is 1.56. The van der Waals surface area contributed by atoms with Gasteiger partial charge in [0.05, 0.1) is 28.4 Å². The lowest BCUT2D eigenvalue weighted by molar-refractivity contribution is -0.00734. The van der Waals surface area contributed by atoms with Gasteiger partial charge >= 0.3 is 6.09 Å². The molecular formula is C27H29Cl2FN4O4. The largest absolute Gasteiger partial charge is 0.493 e. The van der Waals surface area contributed by atoms with E-state index in [-0.39, 0.29) is 40.0 Å². The molecule has 2 bridgehead atoms. The Labute approximate surface area is 230 Å². The summed E-state index contributed by atoms with van der Waals surface area (Å²) in [6.45, 7) is 5.62. The maximum absolute atomic E-state index is 14.7. The number of hydrogen-bond donors (Lipinski definition) is 1. The third kappa shape index (κ3) is 5.27. The fraction of sp³-hybridized carbons (Fsp3) is 0.444. The van der Waals surface area contributed by atoms with Gasteiger partial charge in [0.15, 0.2) is 17.3 Å². The van der Waals surface area contributed by atoms with Crippen LogP contribution in [0, 0.1) is 5.82 Å². The van der Waals surface area contributed by atoms with Crippen molar-refractivity contribution in [2.75, 3.05) is 12.4 Å². The van der Waals surface area contributed by atoms with E-state index in [1.807, 2.05) is 25.7 Å². The molecule has 2 fully saturated rings. The van der Waals surface area contributed by atoms with Gasteiger partial charge in [0.1, 0.15) is 23.9 Å². The van der Waals surface area contributed by atoms with Crippen LogP contribution >= 0.6 is 23.2 Å². The van der Waals surface area contributed by atoms with E-state index in [1.165, 1.54) is 18.5 Å². The Hall–Kier alpha value is -3.04. The molecule has 38 heavy (non-hydrogen) atoms. The Morgan fingerprint density at radius 2 is 1.82 bits per heavy atom. The number of rotatable bonds is 5. The van der Waals surface area contributed by atoms with Crippen molar-refractivity contribution < 1.29 is 23.4 Å². The molecule has 2 atom stereocenters. The van der Waals surface area contributed by atoms with E-state index in [9.17, 15) is 9.18 Å². The number of halogens is 3. The van der Waals surface area contributed by atoms with Crippen LogP contribution in [0.4, 0.5) is 20.7 Å². The lowest BCUT2D eigenvalue weighted by Crippen LogP contribution is -2.50. The normalized spacial score (nSPS) is 20.9. The van der Waals surface area contributed by atoms with Gasteiger partial charge in [-0.3, -0.25) is 0 Å². The highest BCUT2D eigenvalue weighted by Crippen LogP contribution is 2.41. The number of anilines is 2. The monoisotopic (exact) mass is 562 g/mol. The van der Waals surface area contributed by atoms with Crippen molar-refractivity contribution in [2.24, 2.45) is 0 Å². The van der Waals surface area contributed by atoms with Crippen LogP contribution in [-0.4, -0.2) is 51.9 Å². The van der Waals surface area contributed by atoms with Gasteiger partial charge in [0.2, 0.25) is 0 Å². The number of hydrogen-bond acceptors (Lipinski definition) is 7. The molecule has 0 saturated carbocycles. The van der Waals surface area contributed by atoms with Gasteiger partial charge in [0, 0.05) is 36.4 Å². The highest BCUT2D eigenvalue weighted by Gasteiger charge is 2.45. The van der Waals surface area contributed by atoms with Gasteiger partial charge in [-0.05, 0) is 51.8 Å². The number of piperidine rings is 1. The Morgan fingerprint density at radius 3 is 2.47 bits per heavy atom. The van der Waals surface area contributed by atoms with Gasteiger partial charge in [0.25, 0.3) is 0 Å². The number of carbonyl (C=O) groups is 1. The van der Waals surface area contributed by atoms with Crippen molar-refractivity contribution in [1.82, 2.24) is 14.9 Å². The number of methoxy groups -OCH3 is 1. The van der Waals surface area contributed by atoms with Gasteiger partial charge in [-0.25, -0.2) is 19.2 Å². The van der Waals surface area contributed by atoms with Crippen LogP contribution < -0.4 is 14.8 Å². The fourth-order valence-corrected chi connectivity index (χ4v) is 5.49. The number of nitrogens with one attached hydrogen (secondary N) is 1. The van der Waals surface area contributed by atoms with Crippen molar-refractivity contribution in [2.45, 2.75) is 70.2 Å². The lowest BCUT2D eigenvalue weighted by atomic mass is 10.00. The first-order chi connectivity index (χ1) is 18.0. The summed E-state index contributed by atoms with van der Waals surface area (Å²) < 4.78 is 32.4. The molecule has 3 aromatic rings. The smallest absolute Gasteiger partial charge is 0.410 e. The van der Waals surface area contributed by atoms with E-state index in [0.29, 0.717) is 41.1 Å². The van der Waals surface area contributed by atoms with Crippen LogP contribution in [0.3, 0.4) is 0 Å². The highest BCUT2D eigenvalue weighted by atomic mass is 35.5. The number of amides is 1. The van der Waals surface area contributed by atoms with E-state index in [2.05, 4.69) is 15.3 Å². The highest BCUT2D eigenvalue weighted by molar-refractivity contribution is 6.42. The molecule has 2 aliphatic rings. The van der Waals surface area contributed by atoms with Gasteiger partial charge in [-0.2, -0.15) is 0 Å². The summed E-state index contributed by atoms with van der Waals surface area (Å²) in [5.41, 5.74) is 0.173. The van der Waals surface area contributed by atoms with Gasteiger partial charge in [-0.15, -0.1) is 0 Å². The van der Waals surface area contributed by atoms with Crippen molar-refractivity contribution in [3.05, 3.63) is 46.5 Å². The molecule has 1 amide bonds. The zero-order chi connectivity index (χ0) is 27.2. The molecule has 11 heteroatoms. The average Bonchev–Trinajstić information content (AvgIpc) is 3.14. The first kappa shape index (κ1) is 26.6. The molecule has 2 aliphatic heterocycles. The van der Waals surface area contributed by atoms with E-state index >= 15 is 0 Å². The Bertz CT molecular complexity index is 1370. The minimum atomic E-state index is -0.678. The number of benzene rings is 2. The minimum Gasteiger partial charge on any atom is -0.493 e. The van der Waals surface area contributed by atoms with Crippen molar-refractivity contribution >= 4 is 51.7 Å². The number of aromatic nitrogens is 2. The molecule has 3 heterocycles. The zero-order valence-electron chi connectivity index (χ0n) is 21.6. The predicted molar refractivity (Wildman–Crippen MR) is 144 cm³/mol. The maximum atomic E-state index is 14.7. The average molecular weight is 563 g/mol. The second-order valence-electron chi connectivity index (χ2n) is 10.6. The van der Waals surface area contributed by atoms with Crippen molar-refractivity contribution in [3.63, 3.8) is 0 Å². The number of fused-ring (bicyclic) bond motifs is 3.